The van der Waals surface area contributed by atoms with Gasteiger partial charge in [-0.2, -0.15) is 0 Å². The Labute approximate surface area is 189 Å². The molecule has 0 bridgehead atoms. The van der Waals surface area contributed by atoms with Gasteiger partial charge in [0, 0.05) is 51.2 Å². The fraction of sp³-hybridized carbons (Fsp3) is 0.364. The van der Waals surface area contributed by atoms with Gasteiger partial charge in [-0.25, -0.2) is 12.7 Å². The van der Waals surface area contributed by atoms with E-state index in [1.807, 2.05) is 17.7 Å². The first kappa shape index (κ1) is 23.3. The fourth-order valence-electron chi connectivity index (χ4n) is 3.26. The predicted octanol–water partition coefficient (Wildman–Crippen LogP) is 3.87. The SMILES string of the molecule is CCN(CC)c1ccc(-c2nnc(SCc3cccc(S(=O)(=O)N(C)C)c3)n2C)cc1. The fourth-order valence-corrected chi connectivity index (χ4v) is 5.08. The number of hydrogen-bond acceptors (Lipinski definition) is 6. The normalized spacial score (nSPS) is 11.8. The first-order chi connectivity index (χ1) is 14.8. The lowest BCUT2D eigenvalue weighted by Gasteiger charge is -2.21. The average molecular weight is 460 g/mol. The quantitative estimate of drug-likeness (QED) is 0.453. The van der Waals surface area contributed by atoms with Gasteiger partial charge in [-0.15, -0.1) is 10.2 Å². The minimum Gasteiger partial charge on any atom is -0.372 e. The van der Waals surface area contributed by atoms with Crippen LogP contribution in [-0.2, 0) is 22.8 Å². The Balaban J connectivity index is 1.75. The van der Waals surface area contributed by atoms with Gasteiger partial charge in [-0.1, -0.05) is 23.9 Å². The Morgan fingerprint density at radius 3 is 2.29 bits per heavy atom. The highest BCUT2D eigenvalue weighted by Crippen LogP contribution is 2.27. The van der Waals surface area contributed by atoms with Crippen molar-refractivity contribution in [2.45, 2.75) is 29.7 Å². The van der Waals surface area contributed by atoms with Crippen LogP contribution in [0.25, 0.3) is 11.4 Å². The molecule has 2 aromatic carbocycles. The molecular formula is C22H29N5O2S2. The molecule has 0 saturated carbocycles. The standard InChI is InChI=1S/C22H29N5O2S2/c1-6-27(7-2)19-13-11-18(12-14-19)21-23-24-22(26(21)5)30-16-17-9-8-10-20(15-17)31(28,29)25(3)4/h8-15H,6-7,16H2,1-5H3. The smallest absolute Gasteiger partial charge is 0.242 e. The molecule has 7 nitrogen and oxygen atoms in total. The third kappa shape index (κ3) is 5.11. The largest absolute Gasteiger partial charge is 0.372 e. The Bertz CT molecular complexity index is 1120. The highest BCUT2D eigenvalue weighted by molar-refractivity contribution is 7.98. The molecule has 31 heavy (non-hydrogen) atoms. The Morgan fingerprint density at radius 2 is 1.68 bits per heavy atom. The summed E-state index contributed by atoms with van der Waals surface area (Å²) in [5.74, 6) is 1.40. The summed E-state index contributed by atoms with van der Waals surface area (Å²) in [6.45, 7) is 6.24. The number of hydrogen-bond donors (Lipinski definition) is 0. The monoisotopic (exact) mass is 459 g/mol. The highest BCUT2D eigenvalue weighted by atomic mass is 32.2. The van der Waals surface area contributed by atoms with Gasteiger partial charge in [0.05, 0.1) is 4.90 Å². The minimum absolute atomic E-state index is 0.294. The molecule has 0 amide bonds. The van der Waals surface area contributed by atoms with E-state index >= 15 is 0 Å². The zero-order chi connectivity index (χ0) is 22.6. The van der Waals surface area contributed by atoms with Crippen molar-refractivity contribution in [1.29, 1.82) is 0 Å². The molecular weight excluding hydrogens is 430 g/mol. The van der Waals surface area contributed by atoms with Crippen LogP contribution >= 0.6 is 11.8 Å². The maximum atomic E-state index is 12.4. The van der Waals surface area contributed by atoms with Crippen LogP contribution in [0.15, 0.2) is 58.6 Å². The summed E-state index contributed by atoms with van der Waals surface area (Å²) < 4.78 is 27.9. The zero-order valence-electron chi connectivity index (χ0n) is 18.6. The van der Waals surface area contributed by atoms with Gasteiger partial charge in [0.15, 0.2) is 11.0 Å². The van der Waals surface area contributed by atoms with E-state index in [1.165, 1.54) is 35.8 Å². The number of sulfonamides is 1. The maximum absolute atomic E-state index is 12.4. The molecule has 0 N–H and O–H groups in total. The second-order valence-electron chi connectivity index (χ2n) is 7.31. The van der Waals surface area contributed by atoms with Gasteiger partial charge < -0.3 is 9.47 Å². The molecule has 0 unspecified atom stereocenters. The molecule has 1 heterocycles. The molecule has 0 spiro atoms. The summed E-state index contributed by atoms with van der Waals surface area (Å²) in [7, 11) is 1.57. The van der Waals surface area contributed by atoms with E-state index in [1.54, 1.807) is 18.2 Å². The molecule has 9 heteroatoms. The summed E-state index contributed by atoms with van der Waals surface area (Å²) in [4.78, 5) is 2.59. The van der Waals surface area contributed by atoms with E-state index in [9.17, 15) is 8.42 Å². The van der Waals surface area contributed by atoms with E-state index < -0.39 is 10.0 Å². The van der Waals surface area contributed by atoms with Gasteiger partial charge in [-0.05, 0) is 55.8 Å². The minimum atomic E-state index is -3.45. The summed E-state index contributed by atoms with van der Waals surface area (Å²) in [5.41, 5.74) is 3.12. The van der Waals surface area contributed by atoms with Crippen molar-refractivity contribution in [1.82, 2.24) is 19.1 Å². The lowest BCUT2D eigenvalue weighted by molar-refractivity contribution is 0.520. The predicted molar refractivity (Wildman–Crippen MR) is 127 cm³/mol. The molecule has 0 atom stereocenters. The van der Waals surface area contributed by atoms with Crippen LogP contribution in [-0.4, -0.2) is 54.7 Å². The van der Waals surface area contributed by atoms with Gasteiger partial charge in [-0.3, -0.25) is 0 Å². The van der Waals surface area contributed by atoms with Gasteiger partial charge in [0.25, 0.3) is 0 Å². The van der Waals surface area contributed by atoms with E-state index in [2.05, 4.69) is 53.2 Å². The number of benzene rings is 2. The van der Waals surface area contributed by atoms with Crippen LogP contribution in [0.1, 0.15) is 19.4 Å². The summed E-state index contributed by atoms with van der Waals surface area (Å²) in [6, 6.07) is 15.4. The van der Waals surface area contributed by atoms with Crippen molar-refractivity contribution in [3.05, 3.63) is 54.1 Å². The lowest BCUT2D eigenvalue weighted by Crippen LogP contribution is -2.22. The van der Waals surface area contributed by atoms with Crippen molar-refractivity contribution in [3.8, 4) is 11.4 Å². The molecule has 0 aliphatic rings. The Hall–Kier alpha value is -2.36. The molecule has 166 valence electrons. The Morgan fingerprint density at radius 1 is 1.00 bits per heavy atom. The molecule has 0 aliphatic carbocycles. The molecule has 3 aromatic rings. The van der Waals surface area contributed by atoms with Crippen LogP contribution in [0.4, 0.5) is 5.69 Å². The summed E-state index contributed by atoms with van der Waals surface area (Å²) in [6.07, 6.45) is 0. The molecule has 0 saturated heterocycles. The van der Waals surface area contributed by atoms with E-state index in [-0.39, 0.29) is 0 Å². The van der Waals surface area contributed by atoms with E-state index in [4.69, 9.17) is 0 Å². The van der Waals surface area contributed by atoms with Gasteiger partial charge >= 0.3 is 0 Å². The molecule has 1 aromatic heterocycles. The van der Waals surface area contributed by atoms with Gasteiger partial charge in [0.1, 0.15) is 0 Å². The average Bonchev–Trinajstić information content (AvgIpc) is 3.14. The van der Waals surface area contributed by atoms with Crippen LogP contribution in [0.5, 0.6) is 0 Å². The molecule has 0 radical (unpaired) electrons. The highest BCUT2D eigenvalue weighted by Gasteiger charge is 2.18. The van der Waals surface area contributed by atoms with Crippen molar-refractivity contribution in [2.75, 3.05) is 32.1 Å². The van der Waals surface area contributed by atoms with Crippen molar-refractivity contribution < 1.29 is 8.42 Å². The summed E-state index contributed by atoms with van der Waals surface area (Å²) >= 11 is 1.53. The van der Waals surface area contributed by atoms with Crippen LogP contribution in [0, 0.1) is 0 Å². The Kier molecular flexibility index (Phi) is 7.40. The number of rotatable bonds is 9. The number of aromatic nitrogens is 3. The van der Waals surface area contributed by atoms with Crippen LogP contribution in [0.2, 0.25) is 0 Å². The molecule has 0 fully saturated rings. The third-order valence-electron chi connectivity index (χ3n) is 5.13. The first-order valence-corrected chi connectivity index (χ1v) is 12.6. The van der Waals surface area contributed by atoms with E-state index in [0.717, 1.165) is 35.2 Å². The number of nitrogens with zero attached hydrogens (tertiary/aromatic N) is 5. The second-order valence-corrected chi connectivity index (χ2v) is 10.4. The van der Waals surface area contributed by atoms with Gasteiger partial charge in [0.2, 0.25) is 10.0 Å². The van der Waals surface area contributed by atoms with Crippen molar-refractivity contribution in [2.24, 2.45) is 7.05 Å². The zero-order valence-corrected chi connectivity index (χ0v) is 20.2. The third-order valence-corrected chi connectivity index (χ3v) is 8.04. The van der Waals surface area contributed by atoms with Crippen molar-refractivity contribution in [3.63, 3.8) is 0 Å². The number of thioether (sulfide) groups is 1. The topological polar surface area (TPSA) is 71.3 Å². The molecule has 0 aliphatic heterocycles. The van der Waals surface area contributed by atoms with Crippen molar-refractivity contribution >= 4 is 27.5 Å². The summed E-state index contributed by atoms with van der Waals surface area (Å²) in [5, 5.41) is 9.49. The first-order valence-electron chi connectivity index (χ1n) is 10.2. The van der Waals surface area contributed by atoms with E-state index in [0.29, 0.717) is 10.6 Å². The molecule has 3 rings (SSSR count). The lowest BCUT2D eigenvalue weighted by atomic mass is 10.2. The second kappa shape index (κ2) is 9.84. The van der Waals surface area contributed by atoms with Crippen LogP contribution < -0.4 is 4.90 Å². The maximum Gasteiger partial charge on any atom is 0.242 e. The number of anilines is 1. The van der Waals surface area contributed by atoms with Crippen LogP contribution in [0.3, 0.4) is 0 Å².